The summed E-state index contributed by atoms with van der Waals surface area (Å²) in [5.74, 6) is -2.10. The molecule has 1 aliphatic heterocycles. The van der Waals surface area contributed by atoms with Crippen LogP contribution >= 0.6 is 15.9 Å². The first kappa shape index (κ1) is 21.4. The second-order valence-corrected chi connectivity index (χ2v) is 9.37. The summed E-state index contributed by atoms with van der Waals surface area (Å²) < 4.78 is 40.4. The molecule has 3 rings (SSSR count). The Morgan fingerprint density at radius 2 is 1.76 bits per heavy atom. The molecule has 1 fully saturated rings. The van der Waals surface area contributed by atoms with Crippen molar-refractivity contribution in [3.05, 3.63) is 64.4 Å². The standard InChI is InChI=1S/C19H19BrFN3O4S/c20-17-6-2-1-5-16(17)19(26)23-22-18(25)13-4-3-11-24(12-13)29(27,28)15-9-7-14(21)8-10-15/h1-2,5-10,13H,3-4,11-12H2,(H,22,25)(H,23,26). The Bertz CT molecular complexity index is 1010. The highest BCUT2D eigenvalue weighted by Crippen LogP contribution is 2.24. The maximum absolute atomic E-state index is 13.1. The molecule has 1 aliphatic rings. The normalized spacial score (nSPS) is 17.5. The molecule has 154 valence electrons. The van der Waals surface area contributed by atoms with Gasteiger partial charge in [-0.15, -0.1) is 0 Å². The largest absolute Gasteiger partial charge is 0.273 e. The van der Waals surface area contributed by atoms with Gasteiger partial charge in [-0.05, 0) is 65.2 Å². The van der Waals surface area contributed by atoms with Crippen molar-refractivity contribution >= 4 is 37.8 Å². The van der Waals surface area contributed by atoms with Gasteiger partial charge in [0.2, 0.25) is 15.9 Å². The van der Waals surface area contributed by atoms with E-state index in [0.29, 0.717) is 22.9 Å². The molecule has 0 bridgehead atoms. The number of halogens is 2. The van der Waals surface area contributed by atoms with Gasteiger partial charge < -0.3 is 0 Å². The molecule has 2 aromatic carbocycles. The lowest BCUT2D eigenvalue weighted by molar-refractivity contribution is -0.126. The lowest BCUT2D eigenvalue weighted by Crippen LogP contribution is -2.50. The first-order chi connectivity index (χ1) is 13.8. The molecule has 1 atom stereocenters. The minimum atomic E-state index is -3.83. The smallest absolute Gasteiger partial charge is 0.270 e. The Morgan fingerprint density at radius 1 is 1.07 bits per heavy atom. The molecule has 29 heavy (non-hydrogen) atoms. The number of hydrazine groups is 1. The van der Waals surface area contributed by atoms with Crippen LogP contribution in [0, 0.1) is 11.7 Å². The van der Waals surface area contributed by atoms with E-state index in [1.165, 1.54) is 16.4 Å². The van der Waals surface area contributed by atoms with Crippen LogP contribution in [0.2, 0.25) is 0 Å². The summed E-state index contributed by atoms with van der Waals surface area (Å²) in [6, 6.07) is 11.3. The molecule has 0 spiro atoms. The lowest BCUT2D eigenvalue weighted by Gasteiger charge is -2.31. The van der Waals surface area contributed by atoms with Crippen molar-refractivity contribution in [1.82, 2.24) is 15.2 Å². The monoisotopic (exact) mass is 483 g/mol. The van der Waals surface area contributed by atoms with Crippen molar-refractivity contribution in [2.75, 3.05) is 13.1 Å². The molecule has 1 saturated heterocycles. The Kier molecular flexibility index (Phi) is 6.66. The second kappa shape index (κ2) is 9.02. The SMILES string of the molecule is O=C(NNC(=O)C1CCCN(S(=O)(=O)c2ccc(F)cc2)C1)c1ccccc1Br. The lowest BCUT2D eigenvalue weighted by atomic mass is 9.99. The molecule has 1 heterocycles. The first-order valence-corrected chi connectivity index (χ1v) is 11.1. The molecule has 2 amide bonds. The summed E-state index contributed by atoms with van der Waals surface area (Å²) in [5, 5.41) is 0. The number of amides is 2. The molecule has 1 unspecified atom stereocenters. The molecular weight excluding hydrogens is 465 g/mol. The number of rotatable bonds is 4. The predicted octanol–water partition coefficient (Wildman–Crippen LogP) is 2.45. The zero-order chi connectivity index (χ0) is 21.0. The zero-order valence-electron chi connectivity index (χ0n) is 15.3. The van der Waals surface area contributed by atoms with Crippen molar-refractivity contribution in [1.29, 1.82) is 0 Å². The third kappa shape index (κ3) is 5.01. The van der Waals surface area contributed by atoms with Gasteiger partial charge in [-0.3, -0.25) is 20.4 Å². The Labute approximate surface area is 176 Å². The molecule has 0 aromatic heterocycles. The highest BCUT2D eigenvalue weighted by Gasteiger charge is 2.33. The fourth-order valence-electron chi connectivity index (χ4n) is 3.06. The first-order valence-electron chi connectivity index (χ1n) is 8.89. The van der Waals surface area contributed by atoms with Crippen molar-refractivity contribution in [3.63, 3.8) is 0 Å². The highest BCUT2D eigenvalue weighted by molar-refractivity contribution is 9.10. The summed E-state index contributed by atoms with van der Waals surface area (Å²) in [4.78, 5) is 24.6. The molecule has 2 aromatic rings. The van der Waals surface area contributed by atoms with Crippen LogP contribution in [0.15, 0.2) is 57.9 Å². The summed E-state index contributed by atoms with van der Waals surface area (Å²) >= 11 is 3.27. The van der Waals surface area contributed by atoms with Crippen LogP contribution in [0.3, 0.4) is 0 Å². The molecule has 0 aliphatic carbocycles. The minimum absolute atomic E-state index is 0.0174. The van der Waals surface area contributed by atoms with Gasteiger partial charge in [-0.25, -0.2) is 12.8 Å². The van der Waals surface area contributed by atoms with Crippen LogP contribution in [0.4, 0.5) is 4.39 Å². The number of nitrogens with one attached hydrogen (secondary N) is 2. The van der Waals surface area contributed by atoms with E-state index in [-0.39, 0.29) is 18.0 Å². The van der Waals surface area contributed by atoms with Crippen LogP contribution in [0.5, 0.6) is 0 Å². The van der Waals surface area contributed by atoms with Crippen LogP contribution in [-0.4, -0.2) is 37.6 Å². The third-order valence-corrected chi connectivity index (χ3v) is 7.19. The van der Waals surface area contributed by atoms with Crippen LogP contribution in [0.25, 0.3) is 0 Å². The van der Waals surface area contributed by atoms with Gasteiger partial charge in [0, 0.05) is 17.6 Å². The minimum Gasteiger partial charge on any atom is -0.273 e. The maximum Gasteiger partial charge on any atom is 0.270 e. The van der Waals surface area contributed by atoms with Crippen molar-refractivity contribution in [2.24, 2.45) is 5.92 Å². The van der Waals surface area contributed by atoms with Gasteiger partial charge >= 0.3 is 0 Å². The van der Waals surface area contributed by atoms with Gasteiger partial charge in [-0.2, -0.15) is 4.31 Å². The van der Waals surface area contributed by atoms with E-state index < -0.39 is 33.6 Å². The molecule has 0 saturated carbocycles. The van der Waals surface area contributed by atoms with E-state index in [9.17, 15) is 22.4 Å². The Morgan fingerprint density at radius 3 is 2.45 bits per heavy atom. The number of carbonyl (C=O) groups excluding carboxylic acids is 2. The molecule has 0 radical (unpaired) electrons. The van der Waals surface area contributed by atoms with Crippen LogP contribution in [-0.2, 0) is 14.8 Å². The van der Waals surface area contributed by atoms with Gasteiger partial charge in [0.15, 0.2) is 0 Å². The Hall–Kier alpha value is -2.30. The number of carbonyl (C=O) groups is 2. The maximum atomic E-state index is 13.1. The van der Waals surface area contributed by atoms with Crippen molar-refractivity contribution < 1.29 is 22.4 Å². The number of hydrogen-bond acceptors (Lipinski definition) is 4. The average Bonchev–Trinajstić information content (AvgIpc) is 2.72. The summed E-state index contributed by atoms with van der Waals surface area (Å²) in [6.07, 6.45) is 0.989. The van der Waals surface area contributed by atoms with E-state index in [2.05, 4.69) is 26.8 Å². The topological polar surface area (TPSA) is 95.6 Å². The van der Waals surface area contributed by atoms with E-state index in [1.807, 2.05) is 0 Å². The van der Waals surface area contributed by atoms with Gasteiger partial charge in [0.25, 0.3) is 5.91 Å². The van der Waals surface area contributed by atoms with E-state index in [1.54, 1.807) is 24.3 Å². The van der Waals surface area contributed by atoms with Crippen LogP contribution in [0.1, 0.15) is 23.2 Å². The number of piperidine rings is 1. The number of benzene rings is 2. The zero-order valence-corrected chi connectivity index (χ0v) is 17.7. The molecule has 10 heteroatoms. The van der Waals surface area contributed by atoms with Crippen LogP contribution < -0.4 is 10.9 Å². The average molecular weight is 484 g/mol. The predicted molar refractivity (Wildman–Crippen MR) is 108 cm³/mol. The Balaban J connectivity index is 1.63. The van der Waals surface area contributed by atoms with Crippen molar-refractivity contribution in [3.8, 4) is 0 Å². The van der Waals surface area contributed by atoms with E-state index in [4.69, 9.17) is 0 Å². The van der Waals surface area contributed by atoms with Crippen molar-refractivity contribution in [2.45, 2.75) is 17.7 Å². The number of hydrogen-bond donors (Lipinski definition) is 2. The molecule has 7 nitrogen and oxygen atoms in total. The third-order valence-electron chi connectivity index (χ3n) is 4.62. The van der Waals surface area contributed by atoms with E-state index >= 15 is 0 Å². The van der Waals surface area contributed by atoms with Gasteiger partial charge in [-0.1, -0.05) is 12.1 Å². The van der Waals surface area contributed by atoms with E-state index in [0.717, 1.165) is 12.1 Å². The second-order valence-electron chi connectivity index (χ2n) is 6.58. The number of sulfonamides is 1. The fourth-order valence-corrected chi connectivity index (χ4v) is 5.05. The summed E-state index contributed by atoms with van der Waals surface area (Å²) in [7, 11) is -3.83. The van der Waals surface area contributed by atoms with Gasteiger partial charge in [0.1, 0.15) is 5.82 Å². The highest BCUT2D eigenvalue weighted by atomic mass is 79.9. The summed E-state index contributed by atoms with van der Waals surface area (Å²) in [5.41, 5.74) is 5.08. The summed E-state index contributed by atoms with van der Waals surface area (Å²) in [6.45, 7) is 0.253. The fraction of sp³-hybridized carbons (Fsp3) is 0.263. The quantitative estimate of drug-likeness (QED) is 0.652. The molecular formula is C19H19BrFN3O4S. The molecule has 2 N–H and O–H groups in total. The number of nitrogens with zero attached hydrogens (tertiary/aromatic N) is 1. The van der Waals surface area contributed by atoms with Gasteiger partial charge in [0.05, 0.1) is 16.4 Å².